The number of phenolic OH excluding ortho intramolecular Hbond substituents is 1. The van der Waals surface area contributed by atoms with E-state index < -0.39 is 0 Å². The molecule has 0 aliphatic carbocycles. The van der Waals surface area contributed by atoms with Gasteiger partial charge in [0.1, 0.15) is 5.75 Å². The maximum atomic E-state index is 9.64. The first-order chi connectivity index (χ1) is 7.15. The largest absolute Gasteiger partial charge is 0.508 e. The molecule has 0 amide bonds. The first-order valence-corrected chi connectivity index (χ1v) is 5.57. The zero-order chi connectivity index (χ0) is 11.3. The van der Waals surface area contributed by atoms with Crippen molar-refractivity contribution in [3.63, 3.8) is 0 Å². The number of aryl methyl sites for hydroxylation is 1. The second-order valence-electron chi connectivity index (χ2n) is 4.23. The summed E-state index contributed by atoms with van der Waals surface area (Å²) in [5.41, 5.74) is 2.25. The highest BCUT2D eigenvalue weighted by Crippen LogP contribution is 2.26. The van der Waals surface area contributed by atoms with E-state index in [9.17, 15) is 5.11 Å². The predicted molar refractivity (Wildman–Crippen MR) is 62.2 cm³/mol. The second kappa shape index (κ2) is 5.76. The van der Waals surface area contributed by atoms with Crippen molar-refractivity contribution >= 4 is 0 Å². The van der Waals surface area contributed by atoms with Crippen molar-refractivity contribution in [2.75, 3.05) is 6.61 Å². The quantitative estimate of drug-likeness (QED) is 0.730. The van der Waals surface area contributed by atoms with Gasteiger partial charge in [-0.15, -0.1) is 0 Å². The number of benzene rings is 1. The van der Waals surface area contributed by atoms with E-state index in [4.69, 9.17) is 5.11 Å². The minimum absolute atomic E-state index is 0.259. The van der Waals surface area contributed by atoms with Crippen LogP contribution >= 0.6 is 0 Å². The van der Waals surface area contributed by atoms with Crippen molar-refractivity contribution in [2.45, 2.75) is 39.0 Å². The van der Waals surface area contributed by atoms with Crippen molar-refractivity contribution in [1.29, 1.82) is 0 Å². The van der Waals surface area contributed by atoms with Crippen LogP contribution in [0.5, 0.6) is 5.75 Å². The molecule has 0 atom stereocenters. The summed E-state index contributed by atoms with van der Waals surface area (Å²) < 4.78 is 0. The minimum Gasteiger partial charge on any atom is -0.508 e. The third kappa shape index (κ3) is 3.56. The van der Waals surface area contributed by atoms with E-state index in [0.717, 1.165) is 24.8 Å². The van der Waals surface area contributed by atoms with Gasteiger partial charge in [-0.25, -0.2) is 0 Å². The molecule has 0 radical (unpaired) electrons. The Hall–Kier alpha value is -1.02. The molecule has 1 aromatic carbocycles. The van der Waals surface area contributed by atoms with Crippen molar-refractivity contribution < 1.29 is 10.2 Å². The average molecular weight is 208 g/mol. The summed E-state index contributed by atoms with van der Waals surface area (Å²) in [7, 11) is 0. The molecule has 0 heterocycles. The van der Waals surface area contributed by atoms with Crippen LogP contribution in [0.25, 0.3) is 0 Å². The van der Waals surface area contributed by atoms with E-state index in [-0.39, 0.29) is 6.61 Å². The monoisotopic (exact) mass is 208 g/mol. The summed E-state index contributed by atoms with van der Waals surface area (Å²) in [5, 5.41) is 18.3. The van der Waals surface area contributed by atoms with Crippen LogP contribution in [-0.2, 0) is 6.42 Å². The fraction of sp³-hybridized carbons (Fsp3) is 0.538. The lowest BCUT2D eigenvalue weighted by atomic mass is 9.97. The van der Waals surface area contributed by atoms with Gasteiger partial charge in [0.05, 0.1) is 0 Å². The van der Waals surface area contributed by atoms with Crippen molar-refractivity contribution in [2.24, 2.45) is 0 Å². The van der Waals surface area contributed by atoms with Gasteiger partial charge in [-0.2, -0.15) is 0 Å². The Kier molecular flexibility index (Phi) is 4.63. The van der Waals surface area contributed by atoms with Gasteiger partial charge in [0.25, 0.3) is 0 Å². The molecule has 1 rings (SSSR count). The normalized spacial score (nSPS) is 10.9. The number of phenols is 1. The average Bonchev–Trinajstić information content (AvgIpc) is 2.20. The zero-order valence-corrected chi connectivity index (χ0v) is 9.53. The standard InChI is InChI=1S/C13H20O2/c1-10(2)12-9-11(5-3-4-8-14)6-7-13(12)15/h6-7,9-10,14-15H,3-5,8H2,1-2H3. The van der Waals surface area contributed by atoms with E-state index >= 15 is 0 Å². The predicted octanol–water partition coefficient (Wildman–Crippen LogP) is 2.83. The molecule has 0 unspecified atom stereocenters. The van der Waals surface area contributed by atoms with E-state index in [2.05, 4.69) is 19.9 Å². The number of rotatable bonds is 5. The summed E-state index contributed by atoms with van der Waals surface area (Å²) in [5.74, 6) is 0.735. The van der Waals surface area contributed by atoms with E-state index in [1.807, 2.05) is 6.07 Å². The molecule has 0 fully saturated rings. The van der Waals surface area contributed by atoms with E-state index in [1.54, 1.807) is 6.07 Å². The smallest absolute Gasteiger partial charge is 0.119 e. The Balaban J connectivity index is 2.70. The van der Waals surface area contributed by atoms with Crippen LogP contribution in [0, 0.1) is 0 Å². The third-order valence-electron chi connectivity index (χ3n) is 2.59. The fourth-order valence-corrected chi connectivity index (χ4v) is 1.66. The first-order valence-electron chi connectivity index (χ1n) is 5.57. The van der Waals surface area contributed by atoms with Crippen LogP contribution in [0.2, 0.25) is 0 Å². The summed E-state index contributed by atoms with van der Waals surface area (Å²) in [6.07, 6.45) is 2.82. The minimum atomic E-state index is 0.259. The van der Waals surface area contributed by atoms with E-state index in [1.165, 1.54) is 5.56 Å². The van der Waals surface area contributed by atoms with Gasteiger partial charge in [0.15, 0.2) is 0 Å². The Bertz CT molecular complexity index is 305. The van der Waals surface area contributed by atoms with Gasteiger partial charge < -0.3 is 10.2 Å². The molecule has 15 heavy (non-hydrogen) atoms. The lowest BCUT2D eigenvalue weighted by Crippen LogP contribution is -1.93. The first kappa shape index (κ1) is 12.1. The zero-order valence-electron chi connectivity index (χ0n) is 9.53. The molecule has 0 aliphatic rings. The van der Waals surface area contributed by atoms with Gasteiger partial charge in [-0.1, -0.05) is 26.0 Å². The number of unbranched alkanes of at least 4 members (excludes halogenated alkanes) is 1. The number of aromatic hydroxyl groups is 1. The van der Waals surface area contributed by atoms with Crippen LogP contribution in [0.1, 0.15) is 43.7 Å². The third-order valence-corrected chi connectivity index (χ3v) is 2.59. The van der Waals surface area contributed by atoms with Crippen molar-refractivity contribution in [3.8, 4) is 5.75 Å². The SMILES string of the molecule is CC(C)c1cc(CCCCO)ccc1O. The Morgan fingerprint density at radius 3 is 2.53 bits per heavy atom. The Morgan fingerprint density at radius 1 is 1.20 bits per heavy atom. The van der Waals surface area contributed by atoms with Crippen LogP contribution in [0.15, 0.2) is 18.2 Å². The Labute approximate surface area is 91.6 Å². The van der Waals surface area contributed by atoms with Crippen molar-refractivity contribution in [3.05, 3.63) is 29.3 Å². The summed E-state index contributed by atoms with van der Waals surface area (Å²) in [6, 6.07) is 5.79. The fourth-order valence-electron chi connectivity index (χ4n) is 1.66. The van der Waals surface area contributed by atoms with Crippen LogP contribution < -0.4 is 0 Å². The maximum absolute atomic E-state index is 9.64. The van der Waals surface area contributed by atoms with E-state index in [0.29, 0.717) is 11.7 Å². The topological polar surface area (TPSA) is 40.5 Å². The lowest BCUT2D eigenvalue weighted by molar-refractivity contribution is 0.284. The number of aliphatic hydroxyl groups is 1. The molecule has 0 bridgehead atoms. The van der Waals surface area contributed by atoms with Gasteiger partial charge >= 0.3 is 0 Å². The van der Waals surface area contributed by atoms with Crippen molar-refractivity contribution in [1.82, 2.24) is 0 Å². The molecule has 0 saturated heterocycles. The molecule has 2 nitrogen and oxygen atoms in total. The molecule has 2 heteroatoms. The van der Waals surface area contributed by atoms with Crippen LogP contribution in [0.3, 0.4) is 0 Å². The van der Waals surface area contributed by atoms with Gasteiger partial charge in [-0.3, -0.25) is 0 Å². The highest BCUT2D eigenvalue weighted by atomic mass is 16.3. The molecule has 0 saturated carbocycles. The molecule has 0 aliphatic heterocycles. The Morgan fingerprint density at radius 2 is 1.93 bits per heavy atom. The number of aliphatic hydroxyl groups excluding tert-OH is 1. The number of hydrogen-bond acceptors (Lipinski definition) is 2. The maximum Gasteiger partial charge on any atom is 0.119 e. The second-order valence-corrected chi connectivity index (χ2v) is 4.23. The summed E-state index contributed by atoms with van der Waals surface area (Å²) in [6.45, 7) is 4.41. The van der Waals surface area contributed by atoms with Crippen LogP contribution in [0.4, 0.5) is 0 Å². The molecular formula is C13H20O2. The highest BCUT2D eigenvalue weighted by molar-refractivity contribution is 5.38. The molecule has 0 aromatic heterocycles. The molecule has 0 spiro atoms. The summed E-state index contributed by atoms with van der Waals surface area (Å²) >= 11 is 0. The van der Waals surface area contributed by atoms with Gasteiger partial charge in [0, 0.05) is 6.61 Å². The highest BCUT2D eigenvalue weighted by Gasteiger charge is 2.06. The van der Waals surface area contributed by atoms with Crippen LogP contribution in [-0.4, -0.2) is 16.8 Å². The lowest BCUT2D eigenvalue weighted by Gasteiger charge is -2.10. The molecular weight excluding hydrogens is 188 g/mol. The van der Waals surface area contributed by atoms with Gasteiger partial charge in [-0.05, 0) is 42.4 Å². The molecule has 1 aromatic rings. The van der Waals surface area contributed by atoms with Gasteiger partial charge in [0.2, 0.25) is 0 Å². The molecule has 84 valence electrons. The number of hydrogen-bond donors (Lipinski definition) is 2. The summed E-state index contributed by atoms with van der Waals surface area (Å²) in [4.78, 5) is 0. The molecule has 2 N–H and O–H groups in total.